The predicted molar refractivity (Wildman–Crippen MR) is 87.7 cm³/mol. The van der Waals surface area contributed by atoms with E-state index in [4.69, 9.17) is 16.3 Å². The molecule has 6 nitrogen and oxygen atoms in total. The summed E-state index contributed by atoms with van der Waals surface area (Å²) in [7, 11) is 0. The molecule has 1 rings (SSSR count). The zero-order chi connectivity index (χ0) is 18.1. The van der Waals surface area contributed by atoms with Crippen LogP contribution in [0.25, 0.3) is 6.08 Å². The minimum atomic E-state index is -0.838. The highest BCUT2D eigenvalue weighted by Crippen LogP contribution is 2.20. The van der Waals surface area contributed by atoms with Crippen molar-refractivity contribution in [1.82, 2.24) is 10.6 Å². The number of benzene rings is 1. The molecule has 0 heterocycles. The molecule has 1 aromatic carbocycles. The van der Waals surface area contributed by atoms with E-state index in [1.165, 1.54) is 25.1 Å². The standard InChI is InChI=1S/C16H18ClFN2O4/c1-3-19-16(23)10(2)20-14(21)9-24-15(22)8-7-11-12(17)5-4-6-13(11)18/h4-8,10H,3,9H2,1-2H3,(H,19,23)(H,20,21)/b8-7+/t10-/m1/s1. The van der Waals surface area contributed by atoms with Crippen molar-refractivity contribution in [2.45, 2.75) is 19.9 Å². The van der Waals surface area contributed by atoms with Crippen molar-refractivity contribution in [2.24, 2.45) is 0 Å². The molecule has 0 spiro atoms. The van der Waals surface area contributed by atoms with E-state index in [-0.39, 0.29) is 16.5 Å². The van der Waals surface area contributed by atoms with Crippen LogP contribution in [-0.2, 0) is 19.1 Å². The maximum atomic E-state index is 13.5. The molecular formula is C16H18ClFN2O4. The van der Waals surface area contributed by atoms with Crippen LogP contribution >= 0.6 is 11.6 Å². The molecule has 1 atom stereocenters. The number of esters is 1. The summed E-state index contributed by atoms with van der Waals surface area (Å²) in [5.41, 5.74) is 0.0467. The minimum Gasteiger partial charge on any atom is -0.452 e. The highest BCUT2D eigenvalue weighted by Gasteiger charge is 2.15. The molecule has 0 aliphatic carbocycles. The number of nitrogens with one attached hydrogen (secondary N) is 2. The van der Waals surface area contributed by atoms with Gasteiger partial charge in [-0.15, -0.1) is 0 Å². The zero-order valence-electron chi connectivity index (χ0n) is 13.3. The second kappa shape index (κ2) is 9.67. The largest absolute Gasteiger partial charge is 0.452 e. The molecule has 0 bridgehead atoms. The van der Waals surface area contributed by atoms with Crippen molar-refractivity contribution >= 4 is 35.5 Å². The summed E-state index contributed by atoms with van der Waals surface area (Å²) in [5.74, 6) is -2.39. The van der Waals surface area contributed by atoms with Crippen molar-refractivity contribution in [2.75, 3.05) is 13.2 Å². The predicted octanol–water partition coefficient (Wildman–Crippen LogP) is 1.68. The van der Waals surface area contributed by atoms with E-state index in [9.17, 15) is 18.8 Å². The summed E-state index contributed by atoms with van der Waals surface area (Å²) in [6.07, 6.45) is 2.13. The van der Waals surface area contributed by atoms with Crippen molar-refractivity contribution in [3.63, 3.8) is 0 Å². The Balaban J connectivity index is 2.47. The van der Waals surface area contributed by atoms with E-state index < -0.39 is 30.3 Å². The van der Waals surface area contributed by atoms with Gasteiger partial charge in [-0.05, 0) is 32.1 Å². The Bertz CT molecular complexity index is 629. The first kappa shape index (κ1) is 19.6. The van der Waals surface area contributed by atoms with Gasteiger partial charge in [0.15, 0.2) is 6.61 Å². The lowest BCUT2D eigenvalue weighted by atomic mass is 10.2. The molecule has 24 heavy (non-hydrogen) atoms. The third-order valence-electron chi connectivity index (χ3n) is 2.85. The summed E-state index contributed by atoms with van der Waals surface area (Å²) in [5, 5.41) is 5.07. The average molecular weight is 357 g/mol. The van der Waals surface area contributed by atoms with Gasteiger partial charge in [-0.1, -0.05) is 17.7 Å². The maximum absolute atomic E-state index is 13.5. The highest BCUT2D eigenvalue weighted by atomic mass is 35.5. The zero-order valence-corrected chi connectivity index (χ0v) is 14.0. The third kappa shape index (κ3) is 6.37. The van der Waals surface area contributed by atoms with Crippen molar-refractivity contribution in [1.29, 1.82) is 0 Å². The van der Waals surface area contributed by atoms with Crippen LogP contribution in [0.15, 0.2) is 24.3 Å². The molecule has 0 aromatic heterocycles. The molecule has 0 aliphatic rings. The van der Waals surface area contributed by atoms with Gasteiger partial charge in [-0.2, -0.15) is 0 Å². The maximum Gasteiger partial charge on any atom is 0.331 e. The SMILES string of the molecule is CCNC(=O)[C@@H](C)NC(=O)COC(=O)/C=C/c1c(F)cccc1Cl. The molecule has 0 saturated carbocycles. The lowest BCUT2D eigenvalue weighted by Crippen LogP contribution is -2.46. The fourth-order valence-electron chi connectivity index (χ4n) is 1.68. The second-order valence-electron chi connectivity index (χ2n) is 4.76. The minimum absolute atomic E-state index is 0.0467. The first-order chi connectivity index (χ1) is 11.3. The first-order valence-corrected chi connectivity index (χ1v) is 7.58. The molecule has 1 aromatic rings. The van der Waals surface area contributed by atoms with E-state index in [0.717, 1.165) is 12.2 Å². The van der Waals surface area contributed by atoms with Gasteiger partial charge in [-0.3, -0.25) is 9.59 Å². The van der Waals surface area contributed by atoms with Gasteiger partial charge in [0, 0.05) is 18.2 Å². The van der Waals surface area contributed by atoms with Gasteiger partial charge >= 0.3 is 5.97 Å². The Morgan fingerprint density at radius 3 is 2.71 bits per heavy atom. The lowest BCUT2D eigenvalue weighted by Gasteiger charge is -2.12. The Hall–Kier alpha value is -2.41. The summed E-state index contributed by atoms with van der Waals surface area (Å²) >= 11 is 5.81. The number of carbonyl (C=O) groups is 3. The fraction of sp³-hybridized carbons (Fsp3) is 0.312. The van der Waals surface area contributed by atoms with Crippen LogP contribution < -0.4 is 10.6 Å². The number of hydrogen-bond acceptors (Lipinski definition) is 4. The van der Waals surface area contributed by atoms with E-state index in [2.05, 4.69) is 10.6 Å². The molecule has 0 radical (unpaired) electrons. The van der Waals surface area contributed by atoms with Crippen molar-refractivity contribution in [3.05, 3.63) is 40.7 Å². The summed E-state index contributed by atoms with van der Waals surface area (Å²) in [6, 6.07) is 3.37. The molecule has 130 valence electrons. The van der Waals surface area contributed by atoms with Crippen LogP contribution in [0.5, 0.6) is 0 Å². The first-order valence-electron chi connectivity index (χ1n) is 7.21. The van der Waals surface area contributed by atoms with Crippen LogP contribution in [0.1, 0.15) is 19.4 Å². The highest BCUT2D eigenvalue weighted by molar-refractivity contribution is 6.32. The molecule has 8 heteroatoms. The van der Waals surface area contributed by atoms with Crippen LogP contribution in [0.4, 0.5) is 4.39 Å². The average Bonchev–Trinajstić information content (AvgIpc) is 2.52. The van der Waals surface area contributed by atoms with E-state index >= 15 is 0 Å². The Morgan fingerprint density at radius 1 is 1.38 bits per heavy atom. The summed E-state index contributed by atoms with van der Waals surface area (Å²) in [4.78, 5) is 34.6. The van der Waals surface area contributed by atoms with Gasteiger partial charge in [-0.25, -0.2) is 9.18 Å². The number of amides is 2. The van der Waals surface area contributed by atoms with Crippen LogP contribution in [0.3, 0.4) is 0 Å². The Morgan fingerprint density at radius 2 is 2.08 bits per heavy atom. The third-order valence-corrected chi connectivity index (χ3v) is 3.18. The van der Waals surface area contributed by atoms with Crippen LogP contribution in [0, 0.1) is 5.82 Å². The molecular weight excluding hydrogens is 339 g/mol. The van der Waals surface area contributed by atoms with E-state index in [1.807, 2.05) is 0 Å². The molecule has 2 N–H and O–H groups in total. The molecule has 2 amide bonds. The normalized spacial score (nSPS) is 11.8. The second-order valence-corrected chi connectivity index (χ2v) is 5.17. The van der Waals surface area contributed by atoms with Crippen molar-refractivity contribution in [3.8, 4) is 0 Å². The van der Waals surface area contributed by atoms with Crippen LogP contribution in [0.2, 0.25) is 5.02 Å². The van der Waals surface area contributed by atoms with Gasteiger partial charge in [0.1, 0.15) is 11.9 Å². The summed E-state index contributed by atoms with van der Waals surface area (Å²) in [6.45, 7) is 3.14. The number of carbonyl (C=O) groups excluding carboxylic acids is 3. The fourth-order valence-corrected chi connectivity index (χ4v) is 1.91. The topological polar surface area (TPSA) is 84.5 Å². The monoisotopic (exact) mass is 356 g/mol. The lowest BCUT2D eigenvalue weighted by molar-refractivity contribution is -0.144. The number of likely N-dealkylation sites (N-methyl/N-ethyl adjacent to an activating group) is 1. The number of rotatable bonds is 7. The van der Waals surface area contributed by atoms with Crippen LogP contribution in [-0.4, -0.2) is 37.0 Å². The van der Waals surface area contributed by atoms with Gasteiger partial charge in [0.25, 0.3) is 5.91 Å². The molecule has 0 unspecified atom stereocenters. The number of halogens is 2. The van der Waals surface area contributed by atoms with E-state index in [0.29, 0.717) is 6.54 Å². The molecule has 0 saturated heterocycles. The Labute approximate surface area is 144 Å². The Kier molecular flexibility index (Phi) is 7.91. The number of ether oxygens (including phenoxy) is 1. The van der Waals surface area contributed by atoms with Gasteiger partial charge < -0.3 is 15.4 Å². The van der Waals surface area contributed by atoms with Crippen molar-refractivity contribution < 1.29 is 23.5 Å². The molecule has 0 aliphatic heterocycles. The van der Waals surface area contributed by atoms with E-state index in [1.54, 1.807) is 6.92 Å². The summed E-state index contributed by atoms with van der Waals surface area (Å²) < 4.78 is 18.2. The van der Waals surface area contributed by atoms with Gasteiger partial charge in [0.2, 0.25) is 5.91 Å². The van der Waals surface area contributed by atoms with Gasteiger partial charge in [0.05, 0.1) is 5.02 Å². The smallest absolute Gasteiger partial charge is 0.331 e. The molecule has 0 fully saturated rings. The quantitative estimate of drug-likeness (QED) is 0.575. The number of hydrogen-bond donors (Lipinski definition) is 2.